The minimum atomic E-state index is -0.171. The molecule has 0 aliphatic rings. The maximum atomic E-state index is 12.2. The lowest BCUT2D eigenvalue weighted by Crippen LogP contribution is -2.12. The Labute approximate surface area is 152 Å². The van der Waals surface area contributed by atoms with Crippen molar-refractivity contribution in [3.8, 4) is 5.82 Å². The molecule has 0 saturated heterocycles. The van der Waals surface area contributed by atoms with E-state index >= 15 is 0 Å². The summed E-state index contributed by atoms with van der Waals surface area (Å²) in [5.41, 5.74) is 3.13. The fourth-order valence-corrected chi connectivity index (χ4v) is 2.81. The van der Waals surface area contributed by atoms with E-state index in [0.29, 0.717) is 11.3 Å². The van der Waals surface area contributed by atoms with E-state index in [-0.39, 0.29) is 5.91 Å². The van der Waals surface area contributed by atoms with Crippen LogP contribution in [0.4, 0.5) is 5.69 Å². The number of rotatable bonds is 3. The number of imidazole rings is 1. The van der Waals surface area contributed by atoms with Gasteiger partial charge in [-0.1, -0.05) is 28.1 Å². The molecule has 4 rings (SSSR count). The van der Waals surface area contributed by atoms with E-state index in [0.717, 1.165) is 21.3 Å². The molecule has 6 heteroatoms. The Bertz CT molecular complexity index is 1040. The predicted octanol–water partition coefficient (Wildman–Crippen LogP) is 4.44. The Morgan fingerprint density at radius 2 is 1.76 bits per heavy atom. The number of fused-ring (bicyclic) bond motifs is 1. The number of carbonyl (C=O) groups excluding carboxylic acids is 1. The van der Waals surface area contributed by atoms with Crippen LogP contribution in [0.2, 0.25) is 0 Å². The molecule has 2 aromatic heterocycles. The molecule has 0 bridgehead atoms. The van der Waals surface area contributed by atoms with Gasteiger partial charge in [-0.15, -0.1) is 0 Å². The largest absolute Gasteiger partial charge is 0.321 e. The molecule has 1 amide bonds. The minimum absolute atomic E-state index is 0.171. The molecule has 2 heterocycles. The van der Waals surface area contributed by atoms with Gasteiger partial charge < -0.3 is 5.32 Å². The Morgan fingerprint density at radius 1 is 0.960 bits per heavy atom. The highest BCUT2D eigenvalue weighted by atomic mass is 79.9. The number of nitrogens with zero attached hydrogens (tertiary/aromatic N) is 3. The SMILES string of the molecule is O=C(Nc1ccc(-n2cnc3ccccc32)nc1)c1ccc(Br)cc1. The Hall–Kier alpha value is -2.99. The molecule has 0 radical (unpaired) electrons. The number of benzene rings is 2. The van der Waals surface area contributed by atoms with Crippen LogP contribution in [-0.4, -0.2) is 20.4 Å². The third kappa shape index (κ3) is 3.16. The zero-order chi connectivity index (χ0) is 17.2. The molecule has 25 heavy (non-hydrogen) atoms. The van der Waals surface area contributed by atoms with Crippen molar-refractivity contribution in [3.63, 3.8) is 0 Å². The van der Waals surface area contributed by atoms with E-state index in [9.17, 15) is 4.79 Å². The number of pyridine rings is 1. The van der Waals surface area contributed by atoms with Crippen molar-refractivity contribution < 1.29 is 4.79 Å². The number of hydrogen-bond donors (Lipinski definition) is 1. The van der Waals surface area contributed by atoms with E-state index in [1.807, 2.05) is 53.1 Å². The minimum Gasteiger partial charge on any atom is -0.321 e. The van der Waals surface area contributed by atoms with Crippen LogP contribution < -0.4 is 5.32 Å². The van der Waals surface area contributed by atoms with E-state index < -0.39 is 0 Å². The second-order valence-corrected chi connectivity index (χ2v) is 6.39. The van der Waals surface area contributed by atoms with Gasteiger partial charge >= 0.3 is 0 Å². The van der Waals surface area contributed by atoms with E-state index in [1.165, 1.54) is 0 Å². The Balaban J connectivity index is 1.56. The number of amides is 1. The van der Waals surface area contributed by atoms with Gasteiger partial charge in [-0.25, -0.2) is 9.97 Å². The first-order valence-electron chi connectivity index (χ1n) is 7.66. The van der Waals surface area contributed by atoms with Crippen LogP contribution in [0.5, 0.6) is 0 Å². The zero-order valence-electron chi connectivity index (χ0n) is 13.1. The molecule has 4 aromatic rings. The quantitative estimate of drug-likeness (QED) is 0.560. The molecular formula is C19H13BrN4O. The van der Waals surface area contributed by atoms with Crippen LogP contribution >= 0.6 is 15.9 Å². The van der Waals surface area contributed by atoms with Gasteiger partial charge in [0.2, 0.25) is 0 Å². The number of halogens is 1. The van der Waals surface area contributed by atoms with Gasteiger partial charge in [0, 0.05) is 10.0 Å². The lowest BCUT2D eigenvalue weighted by molar-refractivity contribution is 0.102. The van der Waals surface area contributed by atoms with Gasteiger partial charge in [0.05, 0.1) is 22.9 Å². The molecule has 0 aliphatic heterocycles. The maximum absolute atomic E-state index is 12.2. The van der Waals surface area contributed by atoms with Crippen molar-refractivity contribution in [3.05, 3.63) is 83.2 Å². The summed E-state index contributed by atoms with van der Waals surface area (Å²) in [6.45, 7) is 0. The monoisotopic (exact) mass is 392 g/mol. The highest BCUT2D eigenvalue weighted by molar-refractivity contribution is 9.10. The first-order chi connectivity index (χ1) is 12.2. The zero-order valence-corrected chi connectivity index (χ0v) is 14.6. The smallest absolute Gasteiger partial charge is 0.255 e. The summed E-state index contributed by atoms with van der Waals surface area (Å²) in [7, 11) is 0. The highest BCUT2D eigenvalue weighted by Gasteiger charge is 2.08. The second-order valence-electron chi connectivity index (χ2n) is 5.47. The van der Waals surface area contributed by atoms with Gasteiger partial charge in [-0.3, -0.25) is 9.36 Å². The van der Waals surface area contributed by atoms with Gasteiger partial charge in [-0.05, 0) is 48.5 Å². The summed E-state index contributed by atoms with van der Waals surface area (Å²) in [5.74, 6) is 0.575. The van der Waals surface area contributed by atoms with Gasteiger partial charge in [0.1, 0.15) is 12.1 Å². The van der Waals surface area contributed by atoms with E-state index in [1.54, 1.807) is 24.7 Å². The average molecular weight is 393 g/mol. The van der Waals surface area contributed by atoms with Crippen LogP contribution in [0.1, 0.15) is 10.4 Å². The fraction of sp³-hybridized carbons (Fsp3) is 0. The second kappa shape index (κ2) is 6.49. The summed E-state index contributed by atoms with van der Waals surface area (Å²) >= 11 is 3.36. The summed E-state index contributed by atoms with van der Waals surface area (Å²) in [6.07, 6.45) is 3.38. The maximum Gasteiger partial charge on any atom is 0.255 e. The molecule has 2 aromatic carbocycles. The van der Waals surface area contributed by atoms with Crippen molar-refractivity contribution in [2.45, 2.75) is 0 Å². The van der Waals surface area contributed by atoms with E-state index in [4.69, 9.17) is 0 Å². The van der Waals surface area contributed by atoms with Crippen LogP contribution in [0.3, 0.4) is 0 Å². The average Bonchev–Trinajstić information content (AvgIpc) is 3.07. The normalized spacial score (nSPS) is 10.8. The van der Waals surface area contributed by atoms with Crippen LogP contribution in [0.25, 0.3) is 16.9 Å². The third-order valence-corrected chi connectivity index (χ3v) is 4.34. The van der Waals surface area contributed by atoms with Crippen LogP contribution in [-0.2, 0) is 0 Å². The molecule has 0 saturated carbocycles. The number of aromatic nitrogens is 3. The number of carbonyl (C=O) groups is 1. The lowest BCUT2D eigenvalue weighted by Gasteiger charge is -2.07. The Kier molecular flexibility index (Phi) is 4.03. The van der Waals surface area contributed by atoms with Crippen molar-refractivity contribution in [1.82, 2.24) is 14.5 Å². The Morgan fingerprint density at radius 3 is 2.52 bits per heavy atom. The topological polar surface area (TPSA) is 59.8 Å². The van der Waals surface area contributed by atoms with Crippen molar-refractivity contribution >= 4 is 38.6 Å². The predicted molar refractivity (Wildman–Crippen MR) is 101 cm³/mol. The van der Waals surface area contributed by atoms with Gasteiger partial charge in [0.25, 0.3) is 5.91 Å². The molecule has 0 aliphatic carbocycles. The first kappa shape index (κ1) is 15.5. The van der Waals surface area contributed by atoms with Crippen LogP contribution in [0.15, 0.2) is 77.7 Å². The van der Waals surface area contributed by atoms with Crippen molar-refractivity contribution in [1.29, 1.82) is 0 Å². The highest BCUT2D eigenvalue weighted by Crippen LogP contribution is 2.18. The number of hydrogen-bond acceptors (Lipinski definition) is 3. The third-order valence-electron chi connectivity index (χ3n) is 3.81. The van der Waals surface area contributed by atoms with Crippen molar-refractivity contribution in [2.75, 3.05) is 5.32 Å². The van der Waals surface area contributed by atoms with Crippen LogP contribution in [0, 0.1) is 0 Å². The molecular weight excluding hydrogens is 380 g/mol. The van der Waals surface area contributed by atoms with Gasteiger partial charge in [0.15, 0.2) is 0 Å². The summed E-state index contributed by atoms with van der Waals surface area (Å²) in [5, 5.41) is 2.85. The standard InChI is InChI=1S/C19H13BrN4O/c20-14-7-5-13(6-8-14)19(25)23-15-9-10-18(21-11-15)24-12-22-16-3-1-2-4-17(16)24/h1-12H,(H,23,25). The van der Waals surface area contributed by atoms with E-state index in [2.05, 4.69) is 31.2 Å². The van der Waals surface area contributed by atoms with Crippen molar-refractivity contribution in [2.24, 2.45) is 0 Å². The number of nitrogens with one attached hydrogen (secondary N) is 1. The molecule has 0 atom stereocenters. The number of anilines is 1. The lowest BCUT2D eigenvalue weighted by atomic mass is 10.2. The molecule has 0 unspecified atom stereocenters. The molecule has 0 fully saturated rings. The first-order valence-corrected chi connectivity index (χ1v) is 8.45. The molecule has 5 nitrogen and oxygen atoms in total. The van der Waals surface area contributed by atoms with Gasteiger partial charge in [-0.2, -0.15) is 0 Å². The molecule has 0 spiro atoms. The molecule has 1 N–H and O–H groups in total. The summed E-state index contributed by atoms with van der Waals surface area (Å²) in [4.78, 5) is 21.0. The summed E-state index contributed by atoms with van der Waals surface area (Å²) in [6, 6.07) is 18.7. The molecule has 122 valence electrons. The fourth-order valence-electron chi connectivity index (χ4n) is 2.55. The number of para-hydroxylation sites is 2. The summed E-state index contributed by atoms with van der Waals surface area (Å²) < 4.78 is 2.85.